The van der Waals surface area contributed by atoms with Crippen molar-refractivity contribution < 1.29 is 4.79 Å². The van der Waals surface area contributed by atoms with Crippen LogP contribution in [0, 0.1) is 13.8 Å². The zero-order valence-electron chi connectivity index (χ0n) is 14.2. The predicted octanol–water partition coefficient (Wildman–Crippen LogP) is 5.85. The van der Waals surface area contributed by atoms with E-state index < -0.39 is 0 Å². The van der Waals surface area contributed by atoms with Crippen LogP contribution < -0.4 is 5.32 Å². The number of anilines is 1. The molecule has 1 amide bonds. The average molecular weight is 335 g/mol. The molecule has 2 nitrogen and oxygen atoms in total. The van der Waals surface area contributed by atoms with Gasteiger partial charge in [-0.1, -0.05) is 55.0 Å². The number of hydrogen-bond donors (Lipinski definition) is 1. The van der Waals surface area contributed by atoms with Crippen molar-refractivity contribution in [2.45, 2.75) is 27.2 Å². The van der Waals surface area contributed by atoms with Gasteiger partial charge < -0.3 is 5.32 Å². The largest absolute Gasteiger partial charge is 0.321 e. The van der Waals surface area contributed by atoms with Crippen LogP contribution in [0.3, 0.4) is 0 Å². The van der Waals surface area contributed by atoms with Crippen molar-refractivity contribution in [3.05, 3.63) is 75.5 Å². The maximum absolute atomic E-state index is 12.9. The highest BCUT2D eigenvalue weighted by Gasteiger charge is 2.16. The highest BCUT2D eigenvalue weighted by Crippen LogP contribution is 2.30. The molecular formula is C21H21NOS. The molecule has 0 aliphatic carbocycles. The molecule has 2 aromatic carbocycles. The molecule has 0 aliphatic heterocycles. The highest BCUT2D eigenvalue weighted by atomic mass is 32.1. The lowest BCUT2D eigenvalue weighted by molar-refractivity contribution is 0.103. The molecule has 0 spiro atoms. The van der Waals surface area contributed by atoms with E-state index in [1.54, 1.807) is 0 Å². The summed E-state index contributed by atoms with van der Waals surface area (Å²) in [4.78, 5) is 13.6. The molecule has 3 heteroatoms. The average Bonchev–Trinajstić information content (AvgIpc) is 3.07. The monoisotopic (exact) mass is 335 g/mol. The van der Waals surface area contributed by atoms with Crippen LogP contribution in [-0.4, -0.2) is 5.91 Å². The zero-order chi connectivity index (χ0) is 17.1. The van der Waals surface area contributed by atoms with E-state index in [1.807, 2.05) is 30.5 Å². The Morgan fingerprint density at radius 2 is 1.79 bits per heavy atom. The molecule has 1 aromatic heterocycles. The van der Waals surface area contributed by atoms with Gasteiger partial charge in [-0.25, -0.2) is 0 Å². The summed E-state index contributed by atoms with van der Waals surface area (Å²) in [6, 6.07) is 16.4. The van der Waals surface area contributed by atoms with Gasteiger partial charge in [-0.2, -0.15) is 0 Å². The number of aryl methyl sites for hydroxylation is 3. The van der Waals surface area contributed by atoms with Crippen molar-refractivity contribution in [2.24, 2.45) is 0 Å². The molecule has 0 unspecified atom stereocenters. The Hall–Kier alpha value is -2.39. The van der Waals surface area contributed by atoms with E-state index >= 15 is 0 Å². The van der Waals surface area contributed by atoms with Gasteiger partial charge in [0.2, 0.25) is 0 Å². The van der Waals surface area contributed by atoms with Crippen molar-refractivity contribution in [1.29, 1.82) is 0 Å². The number of para-hydroxylation sites is 1. The summed E-state index contributed by atoms with van der Waals surface area (Å²) in [6.45, 7) is 6.20. The molecule has 24 heavy (non-hydrogen) atoms. The molecule has 1 heterocycles. The molecule has 0 aliphatic rings. The second kappa shape index (κ2) is 7.02. The fourth-order valence-electron chi connectivity index (χ4n) is 2.82. The highest BCUT2D eigenvalue weighted by molar-refractivity contribution is 7.12. The van der Waals surface area contributed by atoms with Crippen LogP contribution in [0.5, 0.6) is 0 Å². The summed E-state index contributed by atoms with van der Waals surface area (Å²) >= 11 is 1.48. The van der Waals surface area contributed by atoms with E-state index in [9.17, 15) is 4.79 Å². The standard InChI is InChI=1S/C21H21NOS/c1-4-16-7-5-6-15(3)19(16)22-21(23)20-18(12-13-24-20)17-10-8-14(2)9-11-17/h5-13H,4H2,1-3H3,(H,22,23). The normalized spacial score (nSPS) is 10.6. The lowest BCUT2D eigenvalue weighted by Gasteiger charge is -2.13. The maximum atomic E-state index is 12.9. The molecule has 3 aromatic rings. The van der Waals surface area contributed by atoms with Gasteiger partial charge in [0.1, 0.15) is 0 Å². The quantitative estimate of drug-likeness (QED) is 0.637. The Morgan fingerprint density at radius 3 is 2.50 bits per heavy atom. The van der Waals surface area contributed by atoms with Gasteiger partial charge in [-0.05, 0) is 48.4 Å². The Bertz CT molecular complexity index is 862. The summed E-state index contributed by atoms with van der Waals surface area (Å²) in [7, 11) is 0. The summed E-state index contributed by atoms with van der Waals surface area (Å²) in [5.41, 5.74) is 6.48. The van der Waals surface area contributed by atoms with Crippen molar-refractivity contribution in [3.63, 3.8) is 0 Å². The molecule has 0 fully saturated rings. The Balaban J connectivity index is 1.93. The third-order valence-corrected chi connectivity index (χ3v) is 5.13. The van der Waals surface area contributed by atoms with E-state index in [0.717, 1.165) is 39.2 Å². The Kier molecular flexibility index (Phi) is 4.81. The lowest BCUT2D eigenvalue weighted by atomic mass is 10.0. The van der Waals surface area contributed by atoms with Crippen molar-refractivity contribution in [1.82, 2.24) is 0 Å². The third kappa shape index (κ3) is 3.26. The van der Waals surface area contributed by atoms with Gasteiger partial charge in [0.15, 0.2) is 0 Å². The van der Waals surface area contributed by atoms with Crippen LogP contribution in [0.1, 0.15) is 33.3 Å². The molecular weight excluding hydrogens is 314 g/mol. The molecule has 0 radical (unpaired) electrons. The van der Waals surface area contributed by atoms with Crippen LogP contribution in [0.4, 0.5) is 5.69 Å². The minimum Gasteiger partial charge on any atom is -0.321 e. The van der Waals surface area contributed by atoms with Crippen LogP contribution >= 0.6 is 11.3 Å². The van der Waals surface area contributed by atoms with E-state index in [1.165, 1.54) is 16.9 Å². The number of nitrogens with one attached hydrogen (secondary N) is 1. The lowest BCUT2D eigenvalue weighted by Crippen LogP contribution is -2.13. The summed E-state index contributed by atoms with van der Waals surface area (Å²) in [5.74, 6) is -0.0374. The predicted molar refractivity (Wildman–Crippen MR) is 103 cm³/mol. The first-order chi connectivity index (χ1) is 11.6. The van der Waals surface area contributed by atoms with Gasteiger partial charge in [0, 0.05) is 11.3 Å². The fraction of sp³-hybridized carbons (Fsp3) is 0.190. The van der Waals surface area contributed by atoms with Gasteiger partial charge >= 0.3 is 0 Å². The van der Waals surface area contributed by atoms with Crippen molar-refractivity contribution in [2.75, 3.05) is 5.32 Å². The molecule has 0 saturated carbocycles. The van der Waals surface area contributed by atoms with Crippen LogP contribution in [0.25, 0.3) is 11.1 Å². The minimum absolute atomic E-state index is 0.0374. The maximum Gasteiger partial charge on any atom is 0.266 e. The Morgan fingerprint density at radius 1 is 1.04 bits per heavy atom. The number of benzene rings is 2. The number of carbonyl (C=O) groups is 1. The molecule has 1 N–H and O–H groups in total. The first-order valence-corrected chi connectivity index (χ1v) is 9.02. The summed E-state index contributed by atoms with van der Waals surface area (Å²) in [6.07, 6.45) is 0.895. The number of hydrogen-bond acceptors (Lipinski definition) is 2. The molecule has 3 rings (SSSR count). The number of carbonyl (C=O) groups excluding carboxylic acids is 1. The van der Waals surface area contributed by atoms with E-state index in [2.05, 4.69) is 49.5 Å². The number of amides is 1. The fourth-order valence-corrected chi connectivity index (χ4v) is 3.63. The molecule has 0 saturated heterocycles. The first-order valence-electron chi connectivity index (χ1n) is 8.14. The first kappa shape index (κ1) is 16.5. The van der Waals surface area contributed by atoms with E-state index in [-0.39, 0.29) is 5.91 Å². The second-order valence-corrected chi connectivity index (χ2v) is 6.86. The zero-order valence-corrected chi connectivity index (χ0v) is 15.0. The topological polar surface area (TPSA) is 29.1 Å². The van der Waals surface area contributed by atoms with Gasteiger partial charge in [0.25, 0.3) is 5.91 Å². The van der Waals surface area contributed by atoms with Crippen molar-refractivity contribution >= 4 is 22.9 Å². The summed E-state index contributed by atoms with van der Waals surface area (Å²) in [5, 5.41) is 5.10. The van der Waals surface area contributed by atoms with Crippen LogP contribution in [-0.2, 0) is 6.42 Å². The number of rotatable bonds is 4. The van der Waals surface area contributed by atoms with Crippen molar-refractivity contribution in [3.8, 4) is 11.1 Å². The third-order valence-electron chi connectivity index (χ3n) is 4.21. The van der Waals surface area contributed by atoms with Crippen LogP contribution in [0.15, 0.2) is 53.9 Å². The van der Waals surface area contributed by atoms with Gasteiger partial charge in [0.05, 0.1) is 4.88 Å². The van der Waals surface area contributed by atoms with Gasteiger partial charge in [-0.3, -0.25) is 4.79 Å². The smallest absolute Gasteiger partial charge is 0.266 e. The molecule has 0 atom stereocenters. The minimum atomic E-state index is -0.0374. The van der Waals surface area contributed by atoms with E-state index in [4.69, 9.17) is 0 Å². The summed E-state index contributed by atoms with van der Waals surface area (Å²) < 4.78 is 0. The second-order valence-electron chi connectivity index (χ2n) is 5.95. The molecule has 122 valence electrons. The van der Waals surface area contributed by atoms with Gasteiger partial charge in [-0.15, -0.1) is 11.3 Å². The Labute approximate surface area is 147 Å². The molecule has 0 bridgehead atoms. The van der Waals surface area contributed by atoms with E-state index in [0.29, 0.717) is 0 Å². The van der Waals surface area contributed by atoms with Crippen LogP contribution in [0.2, 0.25) is 0 Å². The number of thiophene rings is 1. The SMILES string of the molecule is CCc1cccc(C)c1NC(=O)c1sccc1-c1ccc(C)cc1.